The predicted molar refractivity (Wildman–Crippen MR) is 115 cm³/mol. The number of carbonyl (C=O) groups excluding carboxylic acids is 2. The highest BCUT2D eigenvalue weighted by Gasteiger charge is 2.33. The first-order valence-corrected chi connectivity index (χ1v) is 11.7. The number of rotatable bonds is 15. The maximum absolute atomic E-state index is 11.5. The van der Waals surface area contributed by atoms with Crippen LogP contribution in [0.4, 0.5) is 0 Å². The van der Waals surface area contributed by atoms with Crippen LogP contribution in [0.2, 0.25) is 0 Å². The molecule has 5 nitrogen and oxygen atoms in total. The van der Waals surface area contributed by atoms with E-state index in [1.165, 1.54) is 44.6 Å². The Morgan fingerprint density at radius 3 is 2.52 bits per heavy atom. The Kier molecular flexibility index (Phi) is 13.7. The molecular formula is C24H42O5. The molecule has 0 aromatic heterocycles. The molecule has 168 valence electrons. The van der Waals surface area contributed by atoms with Crippen molar-refractivity contribution in [3.63, 3.8) is 0 Å². The van der Waals surface area contributed by atoms with E-state index in [4.69, 9.17) is 9.47 Å². The minimum absolute atomic E-state index is 0.00367. The Morgan fingerprint density at radius 1 is 1.10 bits per heavy atom. The zero-order chi connectivity index (χ0) is 21.5. The van der Waals surface area contributed by atoms with Gasteiger partial charge in [0.15, 0.2) is 6.10 Å². The van der Waals surface area contributed by atoms with Crippen LogP contribution in [0, 0.1) is 5.92 Å². The lowest BCUT2D eigenvalue weighted by Gasteiger charge is -2.21. The minimum atomic E-state index is -1.02. The van der Waals surface area contributed by atoms with E-state index in [1.807, 2.05) is 0 Å². The molecule has 1 saturated carbocycles. The van der Waals surface area contributed by atoms with E-state index in [0.717, 1.165) is 44.9 Å². The second kappa shape index (κ2) is 15.5. The summed E-state index contributed by atoms with van der Waals surface area (Å²) in [5, 5.41) is 9.78. The monoisotopic (exact) mass is 410 g/mol. The number of aliphatic hydroxyl groups excluding tert-OH is 1. The van der Waals surface area contributed by atoms with Gasteiger partial charge in [-0.05, 0) is 45.4 Å². The van der Waals surface area contributed by atoms with Gasteiger partial charge in [0.1, 0.15) is 6.10 Å². The normalized spacial score (nSPS) is 21.3. The van der Waals surface area contributed by atoms with Gasteiger partial charge in [0.25, 0.3) is 0 Å². The Morgan fingerprint density at radius 2 is 1.83 bits per heavy atom. The molecule has 1 fully saturated rings. The molecule has 0 aromatic rings. The Bertz CT molecular complexity index is 499. The van der Waals surface area contributed by atoms with Gasteiger partial charge in [-0.15, -0.1) is 0 Å². The van der Waals surface area contributed by atoms with Gasteiger partial charge in [0.2, 0.25) is 0 Å². The molecule has 0 radical (unpaired) electrons. The van der Waals surface area contributed by atoms with Crippen LogP contribution >= 0.6 is 0 Å². The van der Waals surface area contributed by atoms with Gasteiger partial charge in [0.05, 0.1) is 6.61 Å². The first-order valence-electron chi connectivity index (χ1n) is 11.7. The molecule has 1 unspecified atom stereocenters. The van der Waals surface area contributed by atoms with Crippen molar-refractivity contribution in [2.45, 2.75) is 116 Å². The molecule has 0 aliphatic heterocycles. The maximum atomic E-state index is 11.5. The SMILES string of the molecule is CCCCCCCC=C1CC[C@@H](OC(C)=O)[C@@H]1CCCCCC(O)C(=O)OCC. The Labute approximate surface area is 177 Å². The highest BCUT2D eigenvalue weighted by atomic mass is 16.5. The minimum Gasteiger partial charge on any atom is -0.464 e. The fraction of sp³-hybridized carbons (Fsp3) is 0.833. The molecule has 1 rings (SSSR count). The van der Waals surface area contributed by atoms with Crippen LogP contribution in [-0.4, -0.2) is 35.9 Å². The number of hydrogen-bond acceptors (Lipinski definition) is 5. The zero-order valence-electron chi connectivity index (χ0n) is 18.8. The maximum Gasteiger partial charge on any atom is 0.334 e. The lowest BCUT2D eigenvalue weighted by atomic mass is 9.92. The van der Waals surface area contributed by atoms with Crippen LogP contribution in [0.15, 0.2) is 11.6 Å². The molecule has 1 aliphatic carbocycles. The number of aliphatic hydroxyl groups is 1. The van der Waals surface area contributed by atoms with E-state index in [9.17, 15) is 14.7 Å². The van der Waals surface area contributed by atoms with E-state index >= 15 is 0 Å². The molecule has 1 N–H and O–H groups in total. The zero-order valence-corrected chi connectivity index (χ0v) is 18.8. The van der Waals surface area contributed by atoms with Crippen LogP contribution in [0.3, 0.4) is 0 Å². The van der Waals surface area contributed by atoms with Gasteiger partial charge in [-0.2, -0.15) is 0 Å². The van der Waals surface area contributed by atoms with Crippen molar-refractivity contribution in [1.29, 1.82) is 0 Å². The second-order valence-electron chi connectivity index (χ2n) is 8.18. The van der Waals surface area contributed by atoms with Crippen molar-refractivity contribution in [3.8, 4) is 0 Å². The number of esters is 2. The summed E-state index contributed by atoms with van der Waals surface area (Å²) in [5.41, 5.74) is 1.46. The Hall–Kier alpha value is -1.36. The third-order valence-corrected chi connectivity index (χ3v) is 5.73. The fourth-order valence-electron chi connectivity index (χ4n) is 4.18. The van der Waals surface area contributed by atoms with Crippen LogP contribution in [-0.2, 0) is 19.1 Å². The summed E-state index contributed by atoms with van der Waals surface area (Å²) in [4.78, 5) is 22.9. The van der Waals surface area contributed by atoms with E-state index in [0.29, 0.717) is 18.9 Å². The van der Waals surface area contributed by atoms with Gasteiger partial charge in [-0.25, -0.2) is 4.79 Å². The average molecular weight is 411 g/mol. The predicted octanol–water partition coefficient (Wildman–Crippen LogP) is 5.49. The van der Waals surface area contributed by atoms with Gasteiger partial charge in [0, 0.05) is 12.8 Å². The third kappa shape index (κ3) is 10.8. The van der Waals surface area contributed by atoms with E-state index < -0.39 is 12.1 Å². The van der Waals surface area contributed by atoms with Gasteiger partial charge >= 0.3 is 11.9 Å². The van der Waals surface area contributed by atoms with Crippen molar-refractivity contribution in [1.82, 2.24) is 0 Å². The summed E-state index contributed by atoms with van der Waals surface area (Å²) in [6, 6.07) is 0. The summed E-state index contributed by atoms with van der Waals surface area (Å²) < 4.78 is 10.4. The molecule has 1 aliphatic rings. The van der Waals surface area contributed by atoms with Crippen molar-refractivity contribution in [2.24, 2.45) is 5.92 Å². The smallest absolute Gasteiger partial charge is 0.334 e. The lowest BCUT2D eigenvalue weighted by Crippen LogP contribution is -2.23. The van der Waals surface area contributed by atoms with Crippen LogP contribution < -0.4 is 0 Å². The van der Waals surface area contributed by atoms with Gasteiger partial charge in [-0.3, -0.25) is 4.79 Å². The number of allylic oxidation sites excluding steroid dienone is 1. The summed E-state index contributed by atoms with van der Waals surface area (Å²) in [6.45, 7) is 5.76. The molecule has 0 saturated heterocycles. The van der Waals surface area contributed by atoms with Crippen molar-refractivity contribution < 1.29 is 24.2 Å². The van der Waals surface area contributed by atoms with E-state index in [-0.39, 0.29) is 12.1 Å². The summed E-state index contributed by atoms with van der Waals surface area (Å²) in [5.74, 6) is -0.398. The fourth-order valence-corrected chi connectivity index (χ4v) is 4.18. The van der Waals surface area contributed by atoms with Gasteiger partial charge < -0.3 is 14.6 Å². The van der Waals surface area contributed by atoms with Crippen molar-refractivity contribution in [2.75, 3.05) is 6.61 Å². The van der Waals surface area contributed by atoms with Gasteiger partial charge in [-0.1, -0.05) is 63.5 Å². The molecule has 0 amide bonds. The molecular weight excluding hydrogens is 368 g/mol. The highest BCUT2D eigenvalue weighted by molar-refractivity contribution is 5.74. The quantitative estimate of drug-likeness (QED) is 0.219. The number of hydrogen-bond donors (Lipinski definition) is 1. The topological polar surface area (TPSA) is 72.8 Å². The summed E-state index contributed by atoms with van der Waals surface area (Å²) in [7, 11) is 0. The number of carbonyl (C=O) groups is 2. The molecule has 29 heavy (non-hydrogen) atoms. The van der Waals surface area contributed by atoms with Crippen molar-refractivity contribution in [3.05, 3.63) is 11.6 Å². The van der Waals surface area contributed by atoms with E-state index in [2.05, 4.69) is 13.0 Å². The third-order valence-electron chi connectivity index (χ3n) is 5.73. The van der Waals surface area contributed by atoms with Crippen molar-refractivity contribution >= 4 is 11.9 Å². The molecule has 5 heteroatoms. The molecule has 3 atom stereocenters. The Balaban J connectivity index is 2.41. The molecule has 0 aromatic carbocycles. The van der Waals surface area contributed by atoms with Crippen LogP contribution in [0.25, 0.3) is 0 Å². The first kappa shape index (κ1) is 25.7. The first-order chi connectivity index (χ1) is 14.0. The number of ether oxygens (including phenoxy) is 2. The average Bonchev–Trinajstić information content (AvgIpc) is 3.05. The summed E-state index contributed by atoms with van der Waals surface area (Å²) in [6.07, 6.45) is 15.1. The van der Waals surface area contributed by atoms with Crippen LogP contribution in [0.5, 0.6) is 0 Å². The molecule has 0 bridgehead atoms. The standard InChI is InChI=1S/C24H42O5/c1-4-6-7-8-9-11-14-20-17-18-23(29-19(3)25)21(20)15-12-10-13-16-22(26)24(27)28-5-2/h14,21-23,26H,4-13,15-18H2,1-3H3/t21-,22?,23-/m1/s1. The second-order valence-corrected chi connectivity index (χ2v) is 8.18. The molecule has 0 spiro atoms. The summed E-state index contributed by atoms with van der Waals surface area (Å²) >= 11 is 0. The van der Waals surface area contributed by atoms with E-state index in [1.54, 1.807) is 6.92 Å². The highest BCUT2D eigenvalue weighted by Crippen LogP contribution is 2.37. The largest absolute Gasteiger partial charge is 0.464 e. The number of unbranched alkanes of at least 4 members (excludes halogenated alkanes) is 7. The molecule has 0 heterocycles. The lowest BCUT2D eigenvalue weighted by molar-refractivity contribution is -0.153. The van der Waals surface area contributed by atoms with Crippen LogP contribution in [0.1, 0.15) is 104 Å².